The van der Waals surface area contributed by atoms with E-state index in [0.717, 1.165) is 8.39 Å². The summed E-state index contributed by atoms with van der Waals surface area (Å²) in [4.78, 5) is 21.7. The van der Waals surface area contributed by atoms with Gasteiger partial charge < -0.3 is 10.1 Å². The molecule has 0 radical (unpaired) electrons. The summed E-state index contributed by atoms with van der Waals surface area (Å²) in [5, 5.41) is 16.7. The normalized spacial score (nSPS) is 11.3. The average molecular weight is 369 g/mol. The van der Waals surface area contributed by atoms with Gasteiger partial charge in [0.05, 0.1) is 11.1 Å². The first-order chi connectivity index (χ1) is 11.7. The fourth-order valence-corrected chi connectivity index (χ4v) is 2.45. The van der Waals surface area contributed by atoms with Gasteiger partial charge in [-0.25, -0.2) is 4.79 Å². The maximum atomic E-state index is 11.9. The maximum Gasteiger partial charge on any atom is 0.412 e. The molecule has 1 aromatic carbocycles. The van der Waals surface area contributed by atoms with Crippen molar-refractivity contribution in [3.05, 3.63) is 52.3 Å². The monoisotopic (exact) mass is 369 g/mol. The van der Waals surface area contributed by atoms with Gasteiger partial charge in [-0.2, -0.15) is 21.9 Å². The number of nitro benzene ring substituents is 1. The van der Waals surface area contributed by atoms with Crippen molar-refractivity contribution in [1.29, 1.82) is 0 Å². The van der Waals surface area contributed by atoms with Gasteiger partial charge in [0.2, 0.25) is 0 Å². The molecular formula is C13H15N5O6S. The molecular weight excluding hydrogens is 354 g/mol. The first-order valence-corrected chi connectivity index (χ1v) is 8.26. The molecule has 1 amide bonds. The van der Waals surface area contributed by atoms with E-state index in [1.165, 1.54) is 50.8 Å². The summed E-state index contributed by atoms with van der Waals surface area (Å²) < 4.78 is 30.5. The lowest BCUT2D eigenvalue weighted by molar-refractivity contribution is -0.384. The number of rotatable bonds is 6. The van der Waals surface area contributed by atoms with Gasteiger partial charge in [-0.15, -0.1) is 0 Å². The minimum Gasteiger partial charge on any atom is -0.410 e. The molecule has 25 heavy (non-hydrogen) atoms. The topological polar surface area (TPSA) is 137 Å². The summed E-state index contributed by atoms with van der Waals surface area (Å²) in [5.74, 6) is 0.133. The number of hydrogen-bond donors (Lipinski definition) is 1. The van der Waals surface area contributed by atoms with Gasteiger partial charge in [-0.1, -0.05) is 0 Å². The van der Waals surface area contributed by atoms with E-state index in [1.54, 1.807) is 0 Å². The molecule has 12 heteroatoms. The van der Waals surface area contributed by atoms with Crippen LogP contribution in [0.15, 0.2) is 36.7 Å². The summed E-state index contributed by atoms with van der Waals surface area (Å²) in [7, 11) is -0.971. The third kappa shape index (κ3) is 4.51. The number of amides is 1. The zero-order valence-corrected chi connectivity index (χ0v) is 14.1. The summed E-state index contributed by atoms with van der Waals surface area (Å²) in [6.07, 6.45) is 1.77. The van der Waals surface area contributed by atoms with Crippen LogP contribution < -0.4 is 10.1 Å². The fraction of sp³-hybridized carbons (Fsp3) is 0.231. The van der Waals surface area contributed by atoms with E-state index in [4.69, 9.17) is 4.74 Å². The molecule has 0 atom stereocenters. The van der Waals surface area contributed by atoms with Crippen molar-refractivity contribution in [3.8, 4) is 5.75 Å². The molecule has 0 saturated heterocycles. The second-order valence-corrected chi connectivity index (χ2v) is 7.01. The van der Waals surface area contributed by atoms with Gasteiger partial charge >= 0.3 is 16.3 Å². The Kier molecular flexibility index (Phi) is 5.34. The van der Waals surface area contributed by atoms with Crippen molar-refractivity contribution in [3.63, 3.8) is 0 Å². The molecule has 0 saturated carbocycles. The van der Waals surface area contributed by atoms with Crippen LogP contribution in [0.2, 0.25) is 0 Å². The number of nitro groups is 1. The fourth-order valence-electron chi connectivity index (χ4n) is 1.68. The summed E-state index contributed by atoms with van der Waals surface area (Å²) in [6.45, 7) is -0.00520. The molecule has 1 aromatic heterocycles. The molecule has 0 unspecified atom stereocenters. The van der Waals surface area contributed by atoms with Crippen LogP contribution >= 0.6 is 0 Å². The molecule has 0 aliphatic heterocycles. The number of carbonyl (C=O) groups excluding carboxylic acids is 1. The zero-order valence-electron chi connectivity index (χ0n) is 13.3. The van der Waals surface area contributed by atoms with Gasteiger partial charge in [-0.05, 0) is 12.1 Å². The van der Waals surface area contributed by atoms with Crippen molar-refractivity contribution in [1.82, 2.24) is 18.8 Å². The van der Waals surface area contributed by atoms with E-state index in [0.29, 0.717) is 5.56 Å². The molecule has 2 aromatic rings. The molecule has 0 aliphatic carbocycles. The number of ether oxygens (including phenoxy) is 1. The van der Waals surface area contributed by atoms with Crippen molar-refractivity contribution in [2.24, 2.45) is 0 Å². The molecule has 1 N–H and O–H groups in total. The van der Waals surface area contributed by atoms with Crippen molar-refractivity contribution < 1.29 is 22.9 Å². The highest BCUT2D eigenvalue weighted by Crippen LogP contribution is 2.17. The number of non-ortho nitro benzene ring substituents is 1. The van der Waals surface area contributed by atoms with Crippen LogP contribution in [-0.4, -0.2) is 47.0 Å². The van der Waals surface area contributed by atoms with E-state index in [2.05, 4.69) is 10.4 Å². The van der Waals surface area contributed by atoms with Gasteiger partial charge in [-0.3, -0.25) is 10.1 Å². The summed E-state index contributed by atoms with van der Waals surface area (Å²) in [6, 6.07) is 5.00. The van der Waals surface area contributed by atoms with E-state index >= 15 is 0 Å². The Labute approximate surface area is 143 Å². The minimum absolute atomic E-state index is 0.00520. The Morgan fingerprint density at radius 1 is 1.36 bits per heavy atom. The quantitative estimate of drug-likeness (QED) is 0.585. The van der Waals surface area contributed by atoms with E-state index in [1.807, 2.05) is 0 Å². The Bertz CT molecular complexity index is 875. The van der Waals surface area contributed by atoms with Gasteiger partial charge in [0.15, 0.2) is 0 Å². The highest BCUT2D eigenvalue weighted by atomic mass is 32.2. The van der Waals surface area contributed by atoms with E-state index < -0.39 is 21.2 Å². The SMILES string of the molecule is CN(C)S(=O)(=O)n1cc(CNC(=O)Oc2ccc([N+](=O)[O-])cc2)cn1. The molecule has 0 fully saturated rings. The largest absolute Gasteiger partial charge is 0.412 e. The number of nitrogens with one attached hydrogen (secondary N) is 1. The molecule has 0 spiro atoms. The predicted molar refractivity (Wildman–Crippen MR) is 86.2 cm³/mol. The average Bonchev–Trinajstić information content (AvgIpc) is 3.03. The van der Waals surface area contributed by atoms with Crippen molar-refractivity contribution in [2.45, 2.75) is 6.54 Å². The van der Waals surface area contributed by atoms with Crippen LogP contribution in [0.1, 0.15) is 5.56 Å². The van der Waals surface area contributed by atoms with Crippen LogP contribution in [-0.2, 0) is 16.8 Å². The van der Waals surface area contributed by atoms with E-state index in [-0.39, 0.29) is 18.0 Å². The van der Waals surface area contributed by atoms with Crippen molar-refractivity contribution in [2.75, 3.05) is 14.1 Å². The number of aromatic nitrogens is 2. The molecule has 134 valence electrons. The smallest absolute Gasteiger partial charge is 0.410 e. The molecule has 0 aliphatic rings. The Morgan fingerprint density at radius 3 is 2.56 bits per heavy atom. The second kappa shape index (κ2) is 7.27. The van der Waals surface area contributed by atoms with Crippen LogP contribution in [0.4, 0.5) is 10.5 Å². The number of carbonyl (C=O) groups is 1. The second-order valence-electron chi connectivity index (χ2n) is 5.01. The highest BCUT2D eigenvalue weighted by molar-refractivity contribution is 7.87. The van der Waals surface area contributed by atoms with Crippen LogP contribution in [0.3, 0.4) is 0 Å². The standard InChI is InChI=1S/C13H15N5O6S/c1-16(2)25(22,23)17-9-10(8-15-17)7-14-13(19)24-12-5-3-11(4-6-12)18(20)21/h3-6,8-9H,7H2,1-2H3,(H,14,19). The minimum atomic E-state index is -3.71. The number of benzene rings is 1. The van der Waals surface area contributed by atoms with Crippen LogP contribution in [0, 0.1) is 10.1 Å². The van der Waals surface area contributed by atoms with Crippen LogP contribution in [0.25, 0.3) is 0 Å². The lowest BCUT2D eigenvalue weighted by atomic mass is 10.3. The Hall–Kier alpha value is -2.99. The van der Waals surface area contributed by atoms with Crippen molar-refractivity contribution >= 4 is 22.0 Å². The highest BCUT2D eigenvalue weighted by Gasteiger charge is 2.17. The molecule has 2 rings (SSSR count). The summed E-state index contributed by atoms with van der Waals surface area (Å²) >= 11 is 0. The molecule has 11 nitrogen and oxygen atoms in total. The molecule has 0 bridgehead atoms. The first-order valence-electron chi connectivity index (χ1n) is 6.87. The Morgan fingerprint density at radius 2 is 2.00 bits per heavy atom. The van der Waals surface area contributed by atoms with Crippen LogP contribution in [0.5, 0.6) is 5.75 Å². The Balaban J connectivity index is 1.92. The maximum absolute atomic E-state index is 11.9. The van der Waals surface area contributed by atoms with Gasteiger partial charge in [0, 0.05) is 44.5 Å². The third-order valence-electron chi connectivity index (χ3n) is 3.01. The molecule has 1 heterocycles. The first kappa shape index (κ1) is 18.4. The van der Waals surface area contributed by atoms with E-state index in [9.17, 15) is 23.3 Å². The van der Waals surface area contributed by atoms with Gasteiger partial charge in [0.25, 0.3) is 5.69 Å². The predicted octanol–water partition coefficient (Wildman–Crippen LogP) is 0.734. The lowest BCUT2D eigenvalue weighted by Gasteiger charge is -2.10. The lowest BCUT2D eigenvalue weighted by Crippen LogP contribution is -2.29. The van der Waals surface area contributed by atoms with Gasteiger partial charge in [0.1, 0.15) is 5.75 Å². The number of hydrogen-bond acceptors (Lipinski definition) is 7. The summed E-state index contributed by atoms with van der Waals surface area (Å²) in [5.41, 5.74) is 0.327. The number of nitrogens with zero attached hydrogens (tertiary/aromatic N) is 4. The zero-order chi connectivity index (χ0) is 18.6. The third-order valence-corrected chi connectivity index (χ3v) is 4.60.